The Morgan fingerprint density at radius 3 is 1.38 bits per heavy atom. The Morgan fingerprint density at radius 1 is 0.735 bits per heavy atom. The molecule has 4 amide bonds. The molecule has 6 N–H and O–H groups in total. The fourth-order valence-corrected chi connectivity index (χ4v) is 6.22. The SMILES string of the molecule is CCc1c(C)sc(NC(=O)c2ccccc2C(=O)Nc2sc(C)c(CC)c2C(N)=O)c1C(N)=O. The molecule has 0 bridgehead atoms. The van der Waals surface area contributed by atoms with Gasteiger partial charge >= 0.3 is 0 Å². The minimum absolute atomic E-state index is 0.115. The summed E-state index contributed by atoms with van der Waals surface area (Å²) < 4.78 is 0. The van der Waals surface area contributed by atoms with E-state index in [-0.39, 0.29) is 22.3 Å². The van der Waals surface area contributed by atoms with Crippen LogP contribution < -0.4 is 22.1 Å². The molecule has 10 heteroatoms. The van der Waals surface area contributed by atoms with Crippen molar-refractivity contribution in [2.75, 3.05) is 10.6 Å². The first-order valence-electron chi connectivity index (χ1n) is 10.7. The number of primary amides is 2. The van der Waals surface area contributed by atoms with Crippen LogP contribution in [0, 0.1) is 13.8 Å². The van der Waals surface area contributed by atoms with Crippen LogP contribution in [-0.4, -0.2) is 23.6 Å². The predicted octanol–water partition coefficient (Wildman–Crippen LogP) is 4.25. The monoisotopic (exact) mass is 498 g/mol. The summed E-state index contributed by atoms with van der Waals surface area (Å²) in [6.45, 7) is 7.53. The van der Waals surface area contributed by atoms with Crippen molar-refractivity contribution >= 4 is 56.3 Å². The highest BCUT2D eigenvalue weighted by atomic mass is 32.1. The number of rotatable bonds is 8. The molecule has 34 heavy (non-hydrogen) atoms. The lowest BCUT2D eigenvalue weighted by Gasteiger charge is -2.11. The molecule has 0 aliphatic rings. The minimum Gasteiger partial charge on any atom is -0.365 e. The maximum atomic E-state index is 13.1. The maximum absolute atomic E-state index is 13.1. The molecule has 3 aromatic rings. The molecule has 0 spiro atoms. The second-order valence-corrected chi connectivity index (χ2v) is 10.0. The topological polar surface area (TPSA) is 144 Å². The highest BCUT2D eigenvalue weighted by Gasteiger charge is 2.25. The van der Waals surface area contributed by atoms with E-state index in [2.05, 4.69) is 10.6 Å². The van der Waals surface area contributed by atoms with E-state index in [0.717, 1.165) is 20.9 Å². The minimum atomic E-state index is -0.624. The number of nitrogens with one attached hydrogen (secondary N) is 2. The molecular formula is C24H26N4O4S2. The second kappa shape index (κ2) is 10.2. The average Bonchev–Trinajstić information content (AvgIpc) is 3.28. The average molecular weight is 499 g/mol. The summed E-state index contributed by atoms with van der Waals surface area (Å²) in [7, 11) is 0. The van der Waals surface area contributed by atoms with Gasteiger partial charge in [-0.3, -0.25) is 19.2 Å². The van der Waals surface area contributed by atoms with E-state index in [1.54, 1.807) is 12.1 Å². The van der Waals surface area contributed by atoms with Crippen LogP contribution in [0.2, 0.25) is 0 Å². The molecule has 0 saturated carbocycles. The number of amides is 4. The number of thiophene rings is 2. The quantitative estimate of drug-likeness (QED) is 0.368. The van der Waals surface area contributed by atoms with E-state index in [9.17, 15) is 19.2 Å². The van der Waals surface area contributed by atoms with Crippen LogP contribution in [0.25, 0.3) is 0 Å². The van der Waals surface area contributed by atoms with Crippen molar-refractivity contribution < 1.29 is 19.2 Å². The van der Waals surface area contributed by atoms with Crippen LogP contribution in [-0.2, 0) is 12.8 Å². The van der Waals surface area contributed by atoms with Gasteiger partial charge in [-0.05, 0) is 49.9 Å². The van der Waals surface area contributed by atoms with Gasteiger partial charge in [0, 0.05) is 9.75 Å². The number of nitrogens with two attached hydrogens (primary N) is 2. The molecular weight excluding hydrogens is 472 g/mol. The summed E-state index contributed by atoms with van der Waals surface area (Å²) in [6, 6.07) is 6.30. The van der Waals surface area contributed by atoms with E-state index in [1.165, 1.54) is 34.8 Å². The van der Waals surface area contributed by atoms with Gasteiger partial charge in [0.1, 0.15) is 10.0 Å². The lowest BCUT2D eigenvalue weighted by molar-refractivity contribution is 0.0984. The molecule has 0 radical (unpaired) electrons. The first-order chi connectivity index (χ1) is 16.1. The van der Waals surface area contributed by atoms with Crippen molar-refractivity contribution in [2.45, 2.75) is 40.5 Å². The summed E-state index contributed by atoms with van der Waals surface area (Å²) in [4.78, 5) is 52.1. The molecule has 0 saturated heterocycles. The molecule has 1 aromatic carbocycles. The fourth-order valence-electron chi connectivity index (χ4n) is 3.93. The summed E-state index contributed by atoms with van der Waals surface area (Å²) in [5.41, 5.74) is 13.5. The number of hydrogen-bond donors (Lipinski definition) is 4. The van der Waals surface area contributed by atoms with E-state index in [1.807, 2.05) is 27.7 Å². The van der Waals surface area contributed by atoms with Crippen molar-refractivity contribution in [2.24, 2.45) is 11.5 Å². The van der Waals surface area contributed by atoms with Gasteiger partial charge in [-0.15, -0.1) is 22.7 Å². The largest absolute Gasteiger partial charge is 0.365 e. The second-order valence-electron chi connectivity index (χ2n) is 7.57. The van der Waals surface area contributed by atoms with Crippen molar-refractivity contribution in [1.82, 2.24) is 0 Å². The van der Waals surface area contributed by atoms with Gasteiger partial charge in [-0.2, -0.15) is 0 Å². The van der Waals surface area contributed by atoms with Gasteiger partial charge in [-0.25, -0.2) is 0 Å². The zero-order valence-corrected chi connectivity index (χ0v) is 21.0. The van der Waals surface area contributed by atoms with Crippen LogP contribution in [0.1, 0.15) is 76.2 Å². The highest BCUT2D eigenvalue weighted by molar-refractivity contribution is 7.17. The summed E-state index contributed by atoms with van der Waals surface area (Å²) in [5, 5.41) is 6.18. The third kappa shape index (κ3) is 4.73. The molecule has 2 aromatic heterocycles. The zero-order chi connectivity index (χ0) is 25.2. The predicted molar refractivity (Wildman–Crippen MR) is 136 cm³/mol. The highest BCUT2D eigenvalue weighted by Crippen LogP contribution is 2.35. The smallest absolute Gasteiger partial charge is 0.257 e. The summed E-state index contributed by atoms with van der Waals surface area (Å²) >= 11 is 2.53. The van der Waals surface area contributed by atoms with Gasteiger partial charge in [-0.1, -0.05) is 26.0 Å². The van der Waals surface area contributed by atoms with Crippen LogP contribution in [0.3, 0.4) is 0 Å². The third-order valence-electron chi connectivity index (χ3n) is 5.49. The van der Waals surface area contributed by atoms with Gasteiger partial charge in [0.15, 0.2) is 0 Å². The first kappa shape index (κ1) is 25.1. The zero-order valence-electron chi connectivity index (χ0n) is 19.3. The van der Waals surface area contributed by atoms with Crippen LogP contribution in [0.15, 0.2) is 24.3 Å². The molecule has 0 aliphatic carbocycles. The lowest BCUT2D eigenvalue weighted by atomic mass is 10.0. The Kier molecular flexibility index (Phi) is 7.53. The Morgan fingerprint density at radius 2 is 1.09 bits per heavy atom. The van der Waals surface area contributed by atoms with Crippen molar-refractivity contribution in [3.05, 3.63) is 67.4 Å². The summed E-state index contributed by atoms with van der Waals surface area (Å²) in [5.74, 6) is -2.35. The van der Waals surface area contributed by atoms with Crippen molar-refractivity contribution in [3.63, 3.8) is 0 Å². The number of hydrogen-bond acceptors (Lipinski definition) is 6. The molecule has 0 atom stereocenters. The van der Waals surface area contributed by atoms with Crippen LogP contribution in [0.4, 0.5) is 10.0 Å². The number of carbonyl (C=O) groups excluding carboxylic acids is 4. The Bertz CT molecular complexity index is 1210. The number of aryl methyl sites for hydroxylation is 2. The van der Waals surface area contributed by atoms with E-state index < -0.39 is 23.6 Å². The van der Waals surface area contributed by atoms with Gasteiger partial charge in [0.25, 0.3) is 23.6 Å². The Hall–Kier alpha value is -3.50. The molecule has 2 heterocycles. The molecule has 0 aliphatic heterocycles. The fraction of sp³-hybridized carbons (Fsp3) is 0.250. The maximum Gasteiger partial charge on any atom is 0.257 e. The molecule has 8 nitrogen and oxygen atoms in total. The van der Waals surface area contributed by atoms with Gasteiger partial charge < -0.3 is 22.1 Å². The number of anilines is 2. The molecule has 3 rings (SSSR count). The molecule has 178 valence electrons. The Balaban J connectivity index is 1.95. The molecule has 0 fully saturated rings. The van der Waals surface area contributed by atoms with Crippen molar-refractivity contribution in [1.29, 1.82) is 0 Å². The van der Waals surface area contributed by atoms with Gasteiger partial charge in [0.05, 0.1) is 22.3 Å². The van der Waals surface area contributed by atoms with E-state index >= 15 is 0 Å². The summed E-state index contributed by atoms with van der Waals surface area (Å²) in [6.07, 6.45) is 1.19. The third-order valence-corrected chi connectivity index (χ3v) is 7.61. The van der Waals surface area contributed by atoms with Crippen LogP contribution >= 0.6 is 22.7 Å². The van der Waals surface area contributed by atoms with Crippen LogP contribution in [0.5, 0.6) is 0 Å². The van der Waals surface area contributed by atoms with E-state index in [4.69, 9.17) is 11.5 Å². The first-order valence-corrected chi connectivity index (χ1v) is 12.3. The number of carbonyl (C=O) groups is 4. The lowest BCUT2D eigenvalue weighted by Crippen LogP contribution is -2.22. The standard InChI is InChI=1S/C24H26N4O4S2/c1-5-13-11(3)33-23(17(13)19(25)29)27-21(31)15-9-7-8-10-16(15)22(32)28-24-18(20(26)30)14(6-2)12(4)34-24/h7-10H,5-6H2,1-4H3,(H2,25,29)(H2,26,30)(H,27,31)(H,28,32). The Labute approximate surface area is 205 Å². The molecule has 0 unspecified atom stereocenters. The normalized spacial score (nSPS) is 10.7. The van der Waals surface area contributed by atoms with Crippen molar-refractivity contribution in [3.8, 4) is 0 Å². The van der Waals surface area contributed by atoms with E-state index in [0.29, 0.717) is 22.8 Å². The van der Waals surface area contributed by atoms with Gasteiger partial charge in [0.2, 0.25) is 0 Å². The number of benzene rings is 1.